The van der Waals surface area contributed by atoms with E-state index in [-0.39, 0.29) is 24.8 Å². The molecular weight excluding hydrogens is 270 g/mol. The van der Waals surface area contributed by atoms with E-state index in [4.69, 9.17) is 9.84 Å². The van der Waals surface area contributed by atoms with Crippen LogP contribution in [0.4, 0.5) is 5.69 Å². The van der Waals surface area contributed by atoms with Crippen LogP contribution in [0, 0.1) is 5.92 Å². The molecule has 21 heavy (non-hydrogen) atoms. The first-order valence-corrected chi connectivity index (χ1v) is 6.94. The lowest BCUT2D eigenvalue weighted by molar-refractivity contribution is 0.0519. The third-order valence-corrected chi connectivity index (χ3v) is 3.08. The van der Waals surface area contributed by atoms with E-state index in [1.165, 1.54) is 0 Å². The second-order valence-corrected chi connectivity index (χ2v) is 4.83. The Hall–Kier alpha value is -2.21. The Bertz CT molecular complexity index is 631. The maximum Gasteiger partial charge on any atom is 0.361 e. The SMILES string of the molecule is CCOC(=O)c1nnc2ccccc2c1NCC(C)CO. The zero-order chi connectivity index (χ0) is 15.2. The molecule has 0 bridgehead atoms. The van der Waals surface area contributed by atoms with E-state index in [1.54, 1.807) is 6.92 Å². The molecule has 0 spiro atoms. The van der Waals surface area contributed by atoms with Gasteiger partial charge in [-0.3, -0.25) is 0 Å². The molecule has 1 aromatic heterocycles. The van der Waals surface area contributed by atoms with E-state index in [0.717, 1.165) is 5.39 Å². The molecule has 1 atom stereocenters. The summed E-state index contributed by atoms with van der Waals surface area (Å²) in [6.45, 7) is 4.53. The highest BCUT2D eigenvalue weighted by molar-refractivity contribution is 6.03. The van der Waals surface area contributed by atoms with E-state index in [1.807, 2.05) is 31.2 Å². The Labute approximate surface area is 123 Å². The Morgan fingerprint density at radius 2 is 2.14 bits per heavy atom. The predicted octanol–water partition coefficient (Wildman–Crippen LogP) is 1.85. The molecule has 6 nitrogen and oxygen atoms in total. The number of carbonyl (C=O) groups excluding carboxylic acids is 1. The first kappa shape index (κ1) is 15.2. The van der Waals surface area contributed by atoms with Gasteiger partial charge in [-0.15, -0.1) is 10.2 Å². The van der Waals surface area contributed by atoms with Crippen LogP contribution in [0.25, 0.3) is 10.9 Å². The van der Waals surface area contributed by atoms with E-state index >= 15 is 0 Å². The first-order chi connectivity index (χ1) is 10.2. The third kappa shape index (κ3) is 3.46. The number of carbonyl (C=O) groups is 1. The van der Waals surface area contributed by atoms with Crippen LogP contribution >= 0.6 is 0 Å². The van der Waals surface area contributed by atoms with Gasteiger partial charge in [-0.25, -0.2) is 4.79 Å². The molecule has 1 unspecified atom stereocenters. The number of nitrogens with zero attached hydrogens (tertiary/aromatic N) is 2. The number of hydrogen-bond acceptors (Lipinski definition) is 6. The summed E-state index contributed by atoms with van der Waals surface area (Å²) in [4.78, 5) is 12.0. The molecule has 0 fully saturated rings. The highest BCUT2D eigenvalue weighted by Gasteiger charge is 2.18. The fourth-order valence-corrected chi connectivity index (χ4v) is 1.92. The monoisotopic (exact) mass is 289 g/mol. The lowest BCUT2D eigenvalue weighted by Gasteiger charge is -2.15. The van der Waals surface area contributed by atoms with Gasteiger partial charge in [0.05, 0.1) is 17.8 Å². The van der Waals surface area contributed by atoms with E-state index in [0.29, 0.717) is 17.7 Å². The van der Waals surface area contributed by atoms with Crippen LogP contribution in [0.3, 0.4) is 0 Å². The molecule has 0 amide bonds. The standard InChI is InChI=1S/C15H19N3O3/c1-3-21-15(20)14-13(16-8-10(2)9-19)11-6-4-5-7-12(11)17-18-14/h4-7,10,19H,3,8-9H2,1-2H3,(H,16,17). The highest BCUT2D eigenvalue weighted by Crippen LogP contribution is 2.25. The molecule has 0 aliphatic carbocycles. The minimum absolute atomic E-state index is 0.0620. The fourth-order valence-electron chi connectivity index (χ4n) is 1.92. The summed E-state index contributed by atoms with van der Waals surface area (Å²) in [7, 11) is 0. The minimum Gasteiger partial charge on any atom is -0.461 e. The van der Waals surface area contributed by atoms with Crippen LogP contribution in [0.15, 0.2) is 24.3 Å². The number of benzene rings is 1. The van der Waals surface area contributed by atoms with Gasteiger partial charge < -0.3 is 15.2 Å². The maximum atomic E-state index is 12.0. The van der Waals surface area contributed by atoms with E-state index < -0.39 is 5.97 Å². The molecular formula is C15H19N3O3. The first-order valence-electron chi connectivity index (χ1n) is 6.94. The summed E-state index contributed by atoms with van der Waals surface area (Å²) in [5.74, 6) is -0.443. The summed E-state index contributed by atoms with van der Waals surface area (Å²) in [5, 5.41) is 21.2. The fraction of sp³-hybridized carbons (Fsp3) is 0.400. The van der Waals surface area contributed by atoms with Crippen molar-refractivity contribution in [3.8, 4) is 0 Å². The lowest BCUT2D eigenvalue weighted by atomic mass is 10.1. The normalized spacial score (nSPS) is 12.1. The molecule has 2 N–H and O–H groups in total. The summed E-state index contributed by atoms with van der Waals surface area (Å²) in [6, 6.07) is 7.44. The van der Waals surface area contributed by atoms with Gasteiger partial charge in [0.25, 0.3) is 0 Å². The van der Waals surface area contributed by atoms with Gasteiger partial charge in [-0.1, -0.05) is 25.1 Å². The van der Waals surface area contributed by atoms with Gasteiger partial charge in [0.1, 0.15) is 0 Å². The van der Waals surface area contributed by atoms with Crippen molar-refractivity contribution in [1.82, 2.24) is 10.2 Å². The summed E-state index contributed by atoms with van der Waals surface area (Å²) >= 11 is 0. The number of anilines is 1. The molecule has 2 aromatic rings. The van der Waals surface area contributed by atoms with Crippen LogP contribution in [-0.4, -0.2) is 41.0 Å². The average molecular weight is 289 g/mol. The van der Waals surface area contributed by atoms with Gasteiger partial charge >= 0.3 is 5.97 Å². The zero-order valence-corrected chi connectivity index (χ0v) is 12.2. The van der Waals surface area contributed by atoms with Crippen molar-refractivity contribution in [3.63, 3.8) is 0 Å². The Balaban J connectivity index is 2.44. The molecule has 1 heterocycles. The van der Waals surface area contributed by atoms with Gasteiger partial charge in [-0.05, 0) is 18.9 Å². The number of esters is 1. The van der Waals surface area contributed by atoms with Crippen LogP contribution in [0.5, 0.6) is 0 Å². The van der Waals surface area contributed by atoms with Crippen LogP contribution in [0.1, 0.15) is 24.3 Å². The molecule has 1 aromatic carbocycles. The second kappa shape index (κ2) is 6.99. The smallest absolute Gasteiger partial charge is 0.361 e. The number of hydrogen-bond donors (Lipinski definition) is 2. The molecule has 112 valence electrons. The maximum absolute atomic E-state index is 12.0. The van der Waals surface area contributed by atoms with Crippen LogP contribution in [-0.2, 0) is 4.74 Å². The van der Waals surface area contributed by atoms with Gasteiger partial charge in [-0.2, -0.15) is 0 Å². The van der Waals surface area contributed by atoms with Gasteiger partial charge in [0.15, 0.2) is 5.69 Å². The topological polar surface area (TPSA) is 84.3 Å². The van der Waals surface area contributed by atoms with Gasteiger partial charge in [0, 0.05) is 18.5 Å². The van der Waals surface area contributed by atoms with E-state index in [2.05, 4.69) is 15.5 Å². The number of aliphatic hydroxyl groups is 1. The Morgan fingerprint density at radius 3 is 2.86 bits per heavy atom. The number of aliphatic hydroxyl groups excluding tert-OH is 1. The number of fused-ring (bicyclic) bond motifs is 1. The van der Waals surface area contributed by atoms with Crippen molar-refractivity contribution < 1.29 is 14.6 Å². The second-order valence-electron chi connectivity index (χ2n) is 4.83. The van der Waals surface area contributed by atoms with Crippen molar-refractivity contribution in [2.45, 2.75) is 13.8 Å². The van der Waals surface area contributed by atoms with Crippen molar-refractivity contribution in [2.24, 2.45) is 5.92 Å². The predicted molar refractivity (Wildman–Crippen MR) is 80.2 cm³/mol. The largest absolute Gasteiger partial charge is 0.461 e. The Kier molecular flexibility index (Phi) is 5.05. The number of aromatic nitrogens is 2. The van der Waals surface area contributed by atoms with Crippen molar-refractivity contribution >= 4 is 22.6 Å². The number of rotatable bonds is 6. The van der Waals surface area contributed by atoms with Crippen LogP contribution < -0.4 is 5.32 Å². The van der Waals surface area contributed by atoms with Crippen molar-refractivity contribution in [1.29, 1.82) is 0 Å². The molecule has 0 aliphatic rings. The van der Waals surface area contributed by atoms with Crippen LogP contribution in [0.2, 0.25) is 0 Å². The summed E-state index contributed by atoms with van der Waals surface area (Å²) in [6.07, 6.45) is 0. The van der Waals surface area contributed by atoms with Crippen molar-refractivity contribution in [3.05, 3.63) is 30.0 Å². The molecule has 0 saturated heterocycles. The molecule has 2 rings (SSSR count). The quantitative estimate of drug-likeness (QED) is 0.789. The lowest BCUT2D eigenvalue weighted by Crippen LogP contribution is -2.18. The minimum atomic E-state index is -0.505. The number of ether oxygens (including phenoxy) is 1. The molecule has 6 heteroatoms. The summed E-state index contributed by atoms with van der Waals surface area (Å²) in [5.41, 5.74) is 1.46. The molecule has 0 radical (unpaired) electrons. The third-order valence-electron chi connectivity index (χ3n) is 3.08. The average Bonchev–Trinajstić information content (AvgIpc) is 2.52. The zero-order valence-electron chi connectivity index (χ0n) is 12.2. The highest BCUT2D eigenvalue weighted by atomic mass is 16.5. The summed E-state index contributed by atoms with van der Waals surface area (Å²) < 4.78 is 5.02. The Morgan fingerprint density at radius 1 is 1.38 bits per heavy atom. The molecule has 0 saturated carbocycles. The molecule has 0 aliphatic heterocycles. The van der Waals surface area contributed by atoms with Gasteiger partial charge in [0.2, 0.25) is 0 Å². The van der Waals surface area contributed by atoms with E-state index in [9.17, 15) is 4.79 Å². The number of nitrogens with one attached hydrogen (secondary N) is 1. The van der Waals surface area contributed by atoms with Crippen molar-refractivity contribution in [2.75, 3.05) is 25.1 Å².